The number of halogens is 3. The van der Waals surface area contributed by atoms with E-state index in [0.717, 1.165) is 12.1 Å². The van der Waals surface area contributed by atoms with E-state index < -0.39 is 22.4 Å². The second-order valence-corrected chi connectivity index (χ2v) is 3.55. The normalized spacial score (nSPS) is 11.5. The fraction of sp³-hybridized carbons (Fsp3) is 0.0909. The van der Waals surface area contributed by atoms with Crippen LogP contribution in [0.4, 0.5) is 18.9 Å². The molecule has 0 aliphatic heterocycles. The zero-order valence-corrected chi connectivity index (χ0v) is 8.89. The minimum atomic E-state index is -4.60. The van der Waals surface area contributed by atoms with Crippen LogP contribution < -0.4 is 0 Å². The third kappa shape index (κ3) is 2.20. The van der Waals surface area contributed by atoms with Crippen molar-refractivity contribution < 1.29 is 18.1 Å². The summed E-state index contributed by atoms with van der Waals surface area (Å²) >= 11 is 0. The summed E-state index contributed by atoms with van der Waals surface area (Å²) in [7, 11) is 0. The van der Waals surface area contributed by atoms with E-state index in [1.807, 2.05) is 0 Å². The molecule has 7 heteroatoms. The average molecular weight is 256 g/mol. The quantitative estimate of drug-likeness (QED) is 0.610. The first kappa shape index (κ1) is 12.2. The van der Waals surface area contributed by atoms with Crippen LogP contribution in [0.2, 0.25) is 0 Å². The molecule has 0 spiro atoms. The molecule has 0 fully saturated rings. The Kier molecular flexibility index (Phi) is 2.82. The molecule has 0 N–H and O–H groups in total. The molecule has 0 unspecified atom stereocenters. The van der Waals surface area contributed by atoms with Crippen molar-refractivity contribution in [1.29, 1.82) is 0 Å². The summed E-state index contributed by atoms with van der Waals surface area (Å²) in [6.45, 7) is 0. The predicted octanol–water partition coefficient (Wildman–Crippen LogP) is 3.40. The van der Waals surface area contributed by atoms with Crippen molar-refractivity contribution in [3.05, 3.63) is 58.4 Å². The van der Waals surface area contributed by atoms with Crippen LogP contribution in [0.15, 0.2) is 42.7 Å². The molecule has 2 rings (SSSR count). The predicted molar refractivity (Wildman–Crippen MR) is 57.4 cm³/mol. The molecule has 18 heavy (non-hydrogen) atoms. The van der Waals surface area contributed by atoms with E-state index in [4.69, 9.17) is 0 Å². The van der Waals surface area contributed by atoms with E-state index in [2.05, 4.69) is 0 Å². The van der Waals surface area contributed by atoms with Crippen LogP contribution in [-0.4, -0.2) is 9.49 Å². The van der Waals surface area contributed by atoms with Crippen LogP contribution in [0, 0.1) is 10.1 Å². The summed E-state index contributed by atoms with van der Waals surface area (Å²) in [5, 5.41) is 10.8. The lowest BCUT2D eigenvalue weighted by Gasteiger charge is -2.09. The molecular weight excluding hydrogens is 249 g/mol. The molecule has 4 nitrogen and oxygen atoms in total. The van der Waals surface area contributed by atoms with Crippen molar-refractivity contribution in [3.8, 4) is 5.69 Å². The molecule has 0 atom stereocenters. The summed E-state index contributed by atoms with van der Waals surface area (Å²) < 4.78 is 38.8. The average Bonchev–Trinajstić information content (AvgIpc) is 2.80. The smallest absolute Gasteiger partial charge is 0.318 e. The molecule has 1 aromatic heterocycles. The van der Waals surface area contributed by atoms with Gasteiger partial charge in [-0.25, -0.2) is 0 Å². The van der Waals surface area contributed by atoms with Gasteiger partial charge in [0.2, 0.25) is 0 Å². The summed E-state index contributed by atoms with van der Waals surface area (Å²) in [5.41, 5.74) is -1.52. The van der Waals surface area contributed by atoms with Crippen molar-refractivity contribution in [2.45, 2.75) is 6.18 Å². The number of hydrogen-bond donors (Lipinski definition) is 0. The van der Waals surface area contributed by atoms with Gasteiger partial charge in [0.1, 0.15) is 5.69 Å². The lowest BCUT2D eigenvalue weighted by molar-refractivity contribution is -0.384. The summed E-state index contributed by atoms with van der Waals surface area (Å²) in [6, 6.07) is 5.70. The van der Waals surface area contributed by atoms with Gasteiger partial charge in [-0.05, 0) is 24.3 Å². The van der Waals surface area contributed by atoms with Gasteiger partial charge in [-0.2, -0.15) is 13.2 Å². The Labute approximate surface area is 99.4 Å². The van der Waals surface area contributed by atoms with Crippen molar-refractivity contribution in [2.24, 2.45) is 0 Å². The van der Waals surface area contributed by atoms with Crippen molar-refractivity contribution in [2.75, 3.05) is 0 Å². The van der Waals surface area contributed by atoms with Crippen molar-refractivity contribution >= 4 is 5.69 Å². The maximum Gasteiger partial charge on any atom is 0.416 e. The van der Waals surface area contributed by atoms with Crippen LogP contribution in [0.1, 0.15) is 5.56 Å². The zero-order valence-electron chi connectivity index (χ0n) is 8.89. The van der Waals surface area contributed by atoms with Gasteiger partial charge in [0, 0.05) is 18.5 Å². The Morgan fingerprint density at radius 1 is 1.17 bits per heavy atom. The van der Waals surface area contributed by atoms with Crippen molar-refractivity contribution in [1.82, 2.24) is 4.57 Å². The number of alkyl halides is 3. The standard InChI is InChI=1S/C11H7F3N2O2/c12-11(13,14)8-3-4-9(10(7-8)16(17)18)15-5-1-2-6-15/h1-7H. The first-order chi connectivity index (χ1) is 8.39. The van der Waals surface area contributed by atoms with Crippen LogP contribution in [-0.2, 0) is 6.18 Å². The van der Waals surface area contributed by atoms with Gasteiger partial charge in [0.25, 0.3) is 5.69 Å². The molecular formula is C11H7F3N2O2. The van der Waals surface area contributed by atoms with E-state index in [1.54, 1.807) is 12.1 Å². The summed E-state index contributed by atoms with van der Waals surface area (Å²) in [5.74, 6) is 0. The second kappa shape index (κ2) is 4.17. The Bertz CT molecular complexity index is 576. The Morgan fingerprint density at radius 3 is 2.28 bits per heavy atom. The van der Waals surface area contributed by atoms with E-state index in [9.17, 15) is 23.3 Å². The first-order valence-corrected chi connectivity index (χ1v) is 4.88. The van der Waals surface area contributed by atoms with Gasteiger partial charge >= 0.3 is 6.18 Å². The maximum absolute atomic E-state index is 12.5. The van der Waals surface area contributed by atoms with E-state index in [-0.39, 0.29) is 5.69 Å². The molecule has 0 aliphatic rings. The van der Waals surface area contributed by atoms with Gasteiger partial charge < -0.3 is 4.57 Å². The monoisotopic (exact) mass is 256 g/mol. The number of nitro benzene ring substituents is 1. The van der Waals surface area contributed by atoms with Gasteiger partial charge in [0.15, 0.2) is 0 Å². The molecule has 2 aromatic rings. The fourth-order valence-electron chi connectivity index (χ4n) is 1.56. The number of aromatic nitrogens is 1. The topological polar surface area (TPSA) is 48.1 Å². The highest BCUT2D eigenvalue weighted by Crippen LogP contribution is 2.34. The van der Waals surface area contributed by atoms with Crippen molar-refractivity contribution in [3.63, 3.8) is 0 Å². The minimum Gasteiger partial charge on any atom is -0.318 e. The first-order valence-electron chi connectivity index (χ1n) is 4.88. The highest BCUT2D eigenvalue weighted by Gasteiger charge is 2.33. The highest BCUT2D eigenvalue weighted by atomic mass is 19.4. The number of hydrogen-bond acceptors (Lipinski definition) is 2. The largest absolute Gasteiger partial charge is 0.416 e. The summed E-state index contributed by atoms with van der Waals surface area (Å²) in [4.78, 5) is 9.99. The molecule has 0 saturated heterocycles. The fourth-order valence-corrected chi connectivity index (χ4v) is 1.56. The van der Waals surface area contributed by atoms with Gasteiger partial charge in [-0.15, -0.1) is 0 Å². The van der Waals surface area contributed by atoms with Crippen LogP contribution in [0.25, 0.3) is 5.69 Å². The molecule has 94 valence electrons. The van der Waals surface area contributed by atoms with E-state index in [1.165, 1.54) is 17.0 Å². The Balaban J connectivity index is 2.59. The number of nitrogens with zero attached hydrogens (tertiary/aromatic N) is 2. The summed E-state index contributed by atoms with van der Waals surface area (Å²) in [6.07, 6.45) is -1.55. The Morgan fingerprint density at radius 2 is 1.78 bits per heavy atom. The third-order valence-corrected chi connectivity index (χ3v) is 2.38. The lowest BCUT2D eigenvalue weighted by Crippen LogP contribution is -2.07. The lowest BCUT2D eigenvalue weighted by atomic mass is 10.1. The van der Waals surface area contributed by atoms with Gasteiger partial charge in [-0.3, -0.25) is 10.1 Å². The van der Waals surface area contributed by atoms with Crippen LogP contribution >= 0.6 is 0 Å². The molecule has 0 amide bonds. The zero-order chi connectivity index (χ0) is 13.3. The maximum atomic E-state index is 12.5. The molecule has 0 radical (unpaired) electrons. The van der Waals surface area contributed by atoms with Gasteiger partial charge in [-0.1, -0.05) is 0 Å². The second-order valence-electron chi connectivity index (χ2n) is 3.55. The minimum absolute atomic E-state index is 0.0954. The highest BCUT2D eigenvalue weighted by molar-refractivity contribution is 5.54. The molecule has 0 saturated carbocycles. The number of rotatable bonds is 2. The van der Waals surface area contributed by atoms with E-state index in [0.29, 0.717) is 6.07 Å². The van der Waals surface area contributed by atoms with Crippen LogP contribution in [0.3, 0.4) is 0 Å². The Hall–Kier alpha value is -2.31. The number of nitro groups is 1. The molecule has 0 aliphatic carbocycles. The third-order valence-electron chi connectivity index (χ3n) is 2.38. The molecule has 0 bridgehead atoms. The molecule has 1 heterocycles. The van der Waals surface area contributed by atoms with Crippen LogP contribution in [0.5, 0.6) is 0 Å². The number of benzene rings is 1. The van der Waals surface area contributed by atoms with Gasteiger partial charge in [0.05, 0.1) is 10.5 Å². The SMILES string of the molecule is O=[N+]([O-])c1cc(C(F)(F)F)ccc1-n1cccc1. The van der Waals surface area contributed by atoms with E-state index >= 15 is 0 Å². The molecule has 1 aromatic carbocycles.